The molecule has 2 saturated heterocycles. The van der Waals surface area contributed by atoms with E-state index in [0.29, 0.717) is 59.7 Å². The standard InChI is InChI=1S/C43H45ClF2N10O6/c1-52(28-6-3-25(23-47)31(44)21-28)27-7-4-26(5-8-27)48-40(58)32-11-13-36(51-50-32)54-18-16-53(17-19-54)15-2-20-62-29-9-10-30-34(22-29)55(24-35(45)46)39-38(30)42(60)56(43(39)61)33-12-14-37(57)49-41(33)59/h3,6,9-11,13,21-22,26-27,33,35H,2,4-5,7-8,12,14-20,24H2,1H3,(H,48,58)(H,49,57,59). The van der Waals surface area contributed by atoms with Gasteiger partial charge < -0.3 is 24.4 Å². The van der Waals surface area contributed by atoms with Gasteiger partial charge in [-0.1, -0.05) is 11.6 Å². The lowest BCUT2D eigenvalue weighted by Gasteiger charge is -2.36. The van der Waals surface area contributed by atoms with E-state index in [-0.39, 0.29) is 47.3 Å². The number of hydrogen-bond donors (Lipinski definition) is 2. The molecule has 2 N–H and O–H groups in total. The monoisotopic (exact) mass is 870 g/mol. The number of aromatic nitrogens is 3. The average Bonchev–Trinajstić information content (AvgIpc) is 3.72. The molecule has 3 aliphatic heterocycles. The fourth-order valence-electron chi connectivity index (χ4n) is 8.91. The van der Waals surface area contributed by atoms with Crippen LogP contribution in [-0.4, -0.2) is 125 Å². The molecule has 4 aliphatic rings. The molecule has 3 fully saturated rings. The Morgan fingerprint density at radius 3 is 2.45 bits per heavy atom. The molecular weight excluding hydrogens is 826 g/mol. The van der Waals surface area contributed by atoms with Crippen LogP contribution in [0.4, 0.5) is 20.3 Å². The van der Waals surface area contributed by atoms with Crippen molar-refractivity contribution in [1.82, 2.24) is 35.2 Å². The SMILES string of the molecule is CN(c1ccc(C#N)c(Cl)c1)C1CCC(NC(=O)c2ccc(N3CCN(CCCOc4ccc5c6c(n(CC(F)F)c5c4)C(=O)N(C4CCC(=O)NC4=O)C6=O)CC3)nn2)CC1. The zero-order chi connectivity index (χ0) is 43.7. The van der Waals surface area contributed by atoms with Crippen LogP contribution in [0.25, 0.3) is 10.9 Å². The highest BCUT2D eigenvalue weighted by Crippen LogP contribution is 2.38. The molecule has 2 aromatic heterocycles. The van der Waals surface area contributed by atoms with Crippen molar-refractivity contribution in [2.24, 2.45) is 0 Å². The number of fused-ring (bicyclic) bond motifs is 3. The molecule has 2 aromatic carbocycles. The second-order valence-electron chi connectivity index (χ2n) is 16.0. The largest absolute Gasteiger partial charge is 0.493 e. The Kier molecular flexibility index (Phi) is 12.4. The Bertz CT molecular complexity index is 2440. The van der Waals surface area contributed by atoms with E-state index < -0.39 is 42.6 Å². The minimum atomic E-state index is -2.83. The zero-order valence-electron chi connectivity index (χ0n) is 34.0. The van der Waals surface area contributed by atoms with Crippen molar-refractivity contribution in [3.63, 3.8) is 0 Å². The summed E-state index contributed by atoms with van der Waals surface area (Å²) in [5.74, 6) is -2.05. The van der Waals surface area contributed by atoms with Crippen molar-refractivity contribution in [2.75, 3.05) is 56.2 Å². The number of rotatable bonds is 13. The number of benzene rings is 2. The topological polar surface area (TPSA) is 186 Å². The van der Waals surface area contributed by atoms with Crippen LogP contribution < -0.4 is 25.2 Å². The molecule has 0 spiro atoms. The number of piperidine rings is 1. The van der Waals surface area contributed by atoms with Gasteiger partial charge in [0.15, 0.2) is 11.5 Å². The minimum absolute atomic E-state index is 0.0343. The van der Waals surface area contributed by atoms with Gasteiger partial charge in [-0.3, -0.25) is 39.1 Å². The summed E-state index contributed by atoms with van der Waals surface area (Å²) < 4.78 is 34.8. The summed E-state index contributed by atoms with van der Waals surface area (Å²) >= 11 is 6.25. The molecule has 0 radical (unpaired) electrons. The number of halogens is 3. The van der Waals surface area contributed by atoms with Crippen molar-refractivity contribution in [1.29, 1.82) is 5.26 Å². The predicted octanol–water partition coefficient (Wildman–Crippen LogP) is 4.39. The van der Waals surface area contributed by atoms with E-state index in [9.17, 15) is 38.0 Å². The lowest BCUT2D eigenvalue weighted by Crippen LogP contribution is -2.54. The molecule has 16 nitrogen and oxygen atoms in total. The summed E-state index contributed by atoms with van der Waals surface area (Å²) in [5.41, 5.74) is 1.67. The van der Waals surface area contributed by atoms with Crippen LogP contribution in [0.1, 0.15) is 81.8 Å². The van der Waals surface area contributed by atoms with Gasteiger partial charge in [0.1, 0.15) is 23.6 Å². The van der Waals surface area contributed by atoms with Gasteiger partial charge in [-0.25, -0.2) is 8.78 Å². The van der Waals surface area contributed by atoms with E-state index in [1.807, 2.05) is 25.2 Å². The molecule has 324 valence electrons. The number of carbonyl (C=O) groups is 5. The summed E-state index contributed by atoms with van der Waals surface area (Å²) in [7, 11) is 2.02. The first-order chi connectivity index (χ1) is 29.9. The first-order valence-electron chi connectivity index (χ1n) is 20.7. The summed E-state index contributed by atoms with van der Waals surface area (Å²) in [6.07, 6.45) is 1.19. The summed E-state index contributed by atoms with van der Waals surface area (Å²) in [6.45, 7) is 3.23. The number of nitriles is 1. The maximum Gasteiger partial charge on any atom is 0.278 e. The lowest BCUT2D eigenvalue weighted by atomic mass is 9.90. The number of nitrogens with one attached hydrogen (secondary N) is 2. The van der Waals surface area contributed by atoms with Crippen LogP contribution >= 0.6 is 11.6 Å². The first kappa shape index (κ1) is 42.5. The van der Waals surface area contributed by atoms with Gasteiger partial charge >= 0.3 is 0 Å². The highest BCUT2D eigenvalue weighted by atomic mass is 35.5. The van der Waals surface area contributed by atoms with Gasteiger partial charge in [0.2, 0.25) is 11.8 Å². The van der Waals surface area contributed by atoms with E-state index >= 15 is 0 Å². The third-order valence-corrected chi connectivity index (χ3v) is 12.6. The molecule has 1 aliphatic carbocycles. The number of nitrogens with zero attached hydrogens (tertiary/aromatic N) is 8. The fourth-order valence-corrected chi connectivity index (χ4v) is 9.13. The molecule has 1 saturated carbocycles. The summed E-state index contributed by atoms with van der Waals surface area (Å²) in [6, 6.07) is 14.9. The average molecular weight is 871 g/mol. The second kappa shape index (κ2) is 18.0. The minimum Gasteiger partial charge on any atom is -0.493 e. The van der Waals surface area contributed by atoms with Gasteiger partial charge in [0, 0.05) is 75.4 Å². The first-order valence-corrected chi connectivity index (χ1v) is 21.1. The number of carbonyl (C=O) groups excluding carboxylic acids is 5. The highest BCUT2D eigenvalue weighted by Gasteiger charge is 2.48. The molecule has 1 atom stereocenters. The van der Waals surface area contributed by atoms with Crippen molar-refractivity contribution in [3.8, 4) is 11.8 Å². The van der Waals surface area contributed by atoms with E-state index in [1.165, 1.54) is 0 Å². The predicted molar refractivity (Wildman–Crippen MR) is 223 cm³/mol. The van der Waals surface area contributed by atoms with Gasteiger partial charge in [0.05, 0.1) is 34.8 Å². The van der Waals surface area contributed by atoms with Crippen LogP contribution in [-0.2, 0) is 16.1 Å². The Morgan fingerprint density at radius 2 is 1.77 bits per heavy atom. The lowest BCUT2D eigenvalue weighted by molar-refractivity contribution is -0.136. The molecule has 5 amide bonds. The maximum atomic E-state index is 13.8. The smallest absolute Gasteiger partial charge is 0.278 e. The number of piperazine rings is 1. The van der Waals surface area contributed by atoms with Gasteiger partial charge in [-0.15, -0.1) is 10.2 Å². The molecule has 8 rings (SSSR count). The number of amides is 5. The molecular formula is C43H45ClF2N10O6. The Hall–Kier alpha value is -6.19. The van der Waals surface area contributed by atoms with E-state index in [4.69, 9.17) is 16.3 Å². The molecule has 4 aromatic rings. The Labute approximate surface area is 360 Å². The number of imide groups is 2. The number of hydrogen-bond acceptors (Lipinski definition) is 12. The van der Waals surface area contributed by atoms with Gasteiger partial charge in [-0.05, 0) is 81.0 Å². The normalized spacial score (nSPS) is 20.7. The van der Waals surface area contributed by atoms with Crippen molar-refractivity contribution >= 4 is 63.5 Å². The third-order valence-electron chi connectivity index (χ3n) is 12.3. The van der Waals surface area contributed by atoms with Gasteiger partial charge in [0.25, 0.3) is 24.1 Å². The van der Waals surface area contributed by atoms with E-state index in [2.05, 4.69) is 41.6 Å². The van der Waals surface area contributed by atoms with Crippen molar-refractivity contribution in [2.45, 2.75) is 76.0 Å². The van der Waals surface area contributed by atoms with Gasteiger partial charge in [-0.2, -0.15) is 5.26 Å². The van der Waals surface area contributed by atoms with Crippen molar-refractivity contribution in [3.05, 3.63) is 76.1 Å². The summed E-state index contributed by atoms with van der Waals surface area (Å²) in [5, 5.41) is 23.8. The summed E-state index contributed by atoms with van der Waals surface area (Å²) in [4.78, 5) is 71.7. The number of ether oxygens (including phenoxy) is 1. The quantitative estimate of drug-likeness (QED) is 0.143. The van der Waals surface area contributed by atoms with E-state index in [0.717, 1.165) is 60.5 Å². The molecule has 0 bridgehead atoms. The zero-order valence-corrected chi connectivity index (χ0v) is 34.7. The van der Waals surface area contributed by atoms with Crippen LogP contribution in [0.3, 0.4) is 0 Å². The molecule has 5 heterocycles. The van der Waals surface area contributed by atoms with Crippen LogP contribution in [0, 0.1) is 11.3 Å². The van der Waals surface area contributed by atoms with Crippen LogP contribution in [0.5, 0.6) is 5.75 Å². The maximum absolute atomic E-state index is 13.8. The molecule has 1 unspecified atom stereocenters. The van der Waals surface area contributed by atoms with E-state index in [1.54, 1.807) is 30.3 Å². The van der Waals surface area contributed by atoms with Crippen LogP contribution in [0.15, 0.2) is 48.5 Å². The van der Waals surface area contributed by atoms with Crippen LogP contribution in [0.2, 0.25) is 5.02 Å². The Morgan fingerprint density at radius 1 is 1.00 bits per heavy atom. The molecule has 62 heavy (non-hydrogen) atoms. The van der Waals surface area contributed by atoms with Crippen molar-refractivity contribution < 1.29 is 37.5 Å². The Balaban J connectivity index is 0.783. The third kappa shape index (κ3) is 8.64. The number of anilines is 2. The fraction of sp³-hybridized carbons (Fsp3) is 0.442. The number of alkyl halides is 2. The molecule has 19 heteroatoms. The second-order valence-corrected chi connectivity index (χ2v) is 16.4. The highest BCUT2D eigenvalue weighted by molar-refractivity contribution is 6.32.